The lowest BCUT2D eigenvalue weighted by molar-refractivity contribution is -0.124. The van der Waals surface area contributed by atoms with Crippen molar-refractivity contribution >= 4 is 11.8 Å². The van der Waals surface area contributed by atoms with E-state index in [1.165, 1.54) is 0 Å². The van der Waals surface area contributed by atoms with Crippen LogP contribution in [0.4, 0.5) is 0 Å². The lowest BCUT2D eigenvalue weighted by Gasteiger charge is -2.25. The molecule has 2 atom stereocenters. The second-order valence-corrected chi connectivity index (χ2v) is 6.59. The van der Waals surface area contributed by atoms with E-state index in [0.29, 0.717) is 12.1 Å². The van der Waals surface area contributed by atoms with Crippen LogP contribution in [-0.2, 0) is 4.79 Å². The van der Waals surface area contributed by atoms with Crippen molar-refractivity contribution in [2.24, 2.45) is 11.7 Å². The molecule has 0 heterocycles. The average molecular weight is 333 g/mol. The summed E-state index contributed by atoms with van der Waals surface area (Å²) in [6.45, 7) is 8.24. The number of benzene rings is 1. The van der Waals surface area contributed by atoms with Crippen LogP contribution >= 0.6 is 0 Å². The summed E-state index contributed by atoms with van der Waals surface area (Å²) in [5, 5.41) is 5.84. The minimum atomic E-state index is -0.576. The predicted molar refractivity (Wildman–Crippen MR) is 97.8 cm³/mol. The van der Waals surface area contributed by atoms with Gasteiger partial charge in [0.15, 0.2) is 0 Å². The molecule has 5 nitrogen and oxygen atoms in total. The van der Waals surface area contributed by atoms with Crippen LogP contribution in [-0.4, -0.2) is 30.4 Å². The van der Waals surface area contributed by atoms with Crippen LogP contribution in [0.3, 0.4) is 0 Å². The molecule has 1 aromatic rings. The molecule has 0 aliphatic rings. The van der Waals surface area contributed by atoms with Crippen LogP contribution < -0.4 is 16.4 Å². The Kier molecular flexibility index (Phi) is 8.47. The first kappa shape index (κ1) is 20.2. The fourth-order valence-electron chi connectivity index (χ4n) is 2.57. The Morgan fingerprint density at radius 2 is 1.83 bits per heavy atom. The van der Waals surface area contributed by atoms with Crippen LogP contribution in [0.2, 0.25) is 0 Å². The van der Waals surface area contributed by atoms with Gasteiger partial charge in [-0.25, -0.2) is 0 Å². The molecule has 1 rings (SSSR count). The van der Waals surface area contributed by atoms with Crippen molar-refractivity contribution in [1.82, 2.24) is 10.6 Å². The minimum absolute atomic E-state index is 0.0115. The maximum atomic E-state index is 12.6. The van der Waals surface area contributed by atoms with Crippen molar-refractivity contribution in [1.29, 1.82) is 0 Å². The van der Waals surface area contributed by atoms with Crippen LogP contribution in [0.1, 0.15) is 56.0 Å². The number of carbonyl (C=O) groups excluding carboxylic acids is 2. The van der Waals surface area contributed by atoms with E-state index in [1.54, 1.807) is 6.07 Å². The number of hydrogen-bond donors (Lipinski definition) is 3. The molecule has 1 aromatic carbocycles. The Hall–Kier alpha value is -1.88. The topological polar surface area (TPSA) is 84.2 Å². The van der Waals surface area contributed by atoms with Gasteiger partial charge in [0.25, 0.3) is 5.91 Å². The van der Waals surface area contributed by atoms with E-state index in [1.807, 2.05) is 39.0 Å². The van der Waals surface area contributed by atoms with Crippen molar-refractivity contribution in [2.75, 3.05) is 6.54 Å². The smallest absolute Gasteiger partial charge is 0.252 e. The highest BCUT2D eigenvalue weighted by atomic mass is 16.2. The molecule has 0 radical (unpaired) electrons. The molecule has 0 saturated carbocycles. The lowest BCUT2D eigenvalue weighted by atomic mass is 10.0. The van der Waals surface area contributed by atoms with Gasteiger partial charge in [-0.05, 0) is 30.9 Å². The van der Waals surface area contributed by atoms with Gasteiger partial charge >= 0.3 is 0 Å². The molecule has 4 N–H and O–H groups in total. The maximum absolute atomic E-state index is 12.6. The Balaban J connectivity index is 2.77. The van der Waals surface area contributed by atoms with Crippen LogP contribution in [0, 0.1) is 12.8 Å². The number of carbonyl (C=O) groups is 2. The summed E-state index contributed by atoms with van der Waals surface area (Å²) in [7, 11) is 0. The van der Waals surface area contributed by atoms with Gasteiger partial charge in [-0.2, -0.15) is 0 Å². The fourth-order valence-corrected chi connectivity index (χ4v) is 2.57. The maximum Gasteiger partial charge on any atom is 0.252 e. The number of hydrogen-bond acceptors (Lipinski definition) is 3. The van der Waals surface area contributed by atoms with Gasteiger partial charge in [0.05, 0.1) is 0 Å². The molecule has 2 amide bonds. The third-order valence-electron chi connectivity index (χ3n) is 4.16. The normalized spacial score (nSPS) is 13.4. The zero-order valence-corrected chi connectivity index (χ0v) is 15.3. The molecule has 0 spiro atoms. The highest BCUT2D eigenvalue weighted by Gasteiger charge is 2.26. The Morgan fingerprint density at radius 1 is 1.17 bits per heavy atom. The van der Waals surface area contributed by atoms with E-state index in [9.17, 15) is 9.59 Å². The quantitative estimate of drug-likeness (QED) is 0.649. The van der Waals surface area contributed by atoms with Gasteiger partial charge < -0.3 is 16.4 Å². The Bertz CT molecular complexity index is 543. The molecule has 134 valence electrons. The highest BCUT2D eigenvalue weighted by Crippen LogP contribution is 2.10. The monoisotopic (exact) mass is 333 g/mol. The molecular weight excluding hydrogens is 302 g/mol. The molecule has 0 saturated heterocycles. The second-order valence-electron chi connectivity index (χ2n) is 6.59. The number of nitrogens with two attached hydrogens (primary N) is 1. The van der Waals surface area contributed by atoms with Crippen LogP contribution in [0.5, 0.6) is 0 Å². The first-order chi connectivity index (χ1) is 11.4. The Morgan fingerprint density at radius 3 is 2.38 bits per heavy atom. The number of rotatable bonds is 9. The van der Waals surface area contributed by atoms with E-state index >= 15 is 0 Å². The van der Waals surface area contributed by atoms with Crippen molar-refractivity contribution in [3.8, 4) is 0 Å². The molecule has 0 aliphatic carbocycles. The SMILES string of the molecule is CCCCC(CN)NC(=O)C(NC(=O)c1ccccc1C)C(C)C. The average Bonchev–Trinajstić information content (AvgIpc) is 2.56. The van der Waals surface area contributed by atoms with Crippen molar-refractivity contribution in [3.05, 3.63) is 35.4 Å². The molecule has 0 fully saturated rings. The molecule has 0 aliphatic heterocycles. The molecular formula is C19H31N3O2. The number of nitrogens with one attached hydrogen (secondary N) is 2. The summed E-state index contributed by atoms with van der Waals surface area (Å²) >= 11 is 0. The summed E-state index contributed by atoms with van der Waals surface area (Å²) in [5.74, 6) is -0.402. The van der Waals surface area contributed by atoms with Gasteiger partial charge in [0.2, 0.25) is 5.91 Å². The highest BCUT2D eigenvalue weighted by molar-refractivity contribution is 5.98. The van der Waals surface area contributed by atoms with Gasteiger partial charge in [-0.15, -0.1) is 0 Å². The second kappa shape index (κ2) is 10.1. The Labute approximate surface area is 145 Å². The molecule has 0 bridgehead atoms. The van der Waals surface area contributed by atoms with Crippen LogP contribution in [0.15, 0.2) is 24.3 Å². The van der Waals surface area contributed by atoms with Crippen molar-refractivity contribution in [3.63, 3.8) is 0 Å². The van der Waals surface area contributed by atoms with E-state index in [0.717, 1.165) is 24.8 Å². The van der Waals surface area contributed by atoms with Crippen molar-refractivity contribution in [2.45, 2.75) is 59.0 Å². The third kappa shape index (κ3) is 5.96. The van der Waals surface area contributed by atoms with Crippen molar-refractivity contribution < 1.29 is 9.59 Å². The fraction of sp³-hybridized carbons (Fsp3) is 0.579. The molecule has 2 unspecified atom stereocenters. The standard InChI is InChI=1S/C19H31N3O2/c1-5-6-10-15(12-20)21-19(24)17(13(2)3)22-18(23)16-11-8-7-9-14(16)4/h7-9,11,13,15,17H,5-6,10,12,20H2,1-4H3,(H,21,24)(H,22,23). The largest absolute Gasteiger partial charge is 0.350 e. The number of unbranched alkanes of at least 4 members (excludes halogenated alkanes) is 1. The van der Waals surface area contributed by atoms with E-state index in [2.05, 4.69) is 17.6 Å². The predicted octanol–water partition coefficient (Wildman–Crippen LogP) is 2.38. The summed E-state index contributed by atoms with van der Waals surface area (Å²) < 4.78 is 0. The first-order valence-electron chi connectivity index (χ1n) is 8.77. The van der Waals surface area contributed by atoms with Gasteiger partial charge in [-0.3, -0.25) is 9.59 Å². The zero-order chi connectivity index (χ0) is 18.1. The lowest BCUT2D eigenvalue weighted by Crippen LogP contribution is -2.53. The summed E-state index contributed by atoms with van der Waals surface area (Å²) in [6, 6.07) is 6.74. The molecule has 0 aromatic heterocycles. The van der Waals surface area contributed by atoms with Gasteiger partial charge in [0, 0.05) is 18.2 Å². The summed E-state index contributed by atoms with van der Waals surface area (Å²) in [4.78, 5) is 25.1. The summed E-state index contributed by atoms with van der Waals surface area (Å²) in [6.07, 6.45) is 2.93. The minimum Gasteiger partial charge on any atom is -0.350 e. The van der Waals surface area contributed by atoms with Gasteiger partial charge in [-0.1, -0.05) is 51.8 Å². The van der Waals surface area contributed by atoms with Crippen LogP contribution in [0.25, 0.3) is 0 Å². The number of amides is 2. The number of aryl methyl sites for hydroxylation is 1. The van der Waals surface area contributed by atoms with Gasteiger partial charge in [0.1, 0.15) is 6.04 Å². The summed E-state index contributed by atoms with van der Waals surface area (Å²) in [5.41, 5.74) is 7.23. The third-order valence-corrected chi connectivity index (χ3v) is 4.16. The first-order valence-corrected chi connectivity index (χ1v) is 8.77. The van der Waals surface area contributed by atoms with E-state index < -0.39 is 6.04 Å². The zero-order valence-electron chi connectivity index (χ0n) is 15.3. The van der Waals surface area contributed by atoms with E-state index in [-0.39, 0.29) is 23.8 Å². The van der Waals surface area contributed by atoms with E-state index in [4.69, 9.17) is 5.73 Å². The molecule has 5 heteroatoms. The molecule has 24 heavy (non-hydrogen) atoms.